The van der Waals surface area contributed by atoms with Crippen LogP contribution in [0.1, 0.15) is 11.1 Å². The molecular formula is C13H9N3. The van der Waals surface area contributed by atoms with Crippen molar-refractivity contribution in [2.75, 3.05) is 0 Å². The largest absolute Gasteiger partial charge is 0.197 e. The monoisotopic (exact) mass is 207 g/mol. The Morgan fingerprint density at radius 2 is 1.69 bits per heavy atom. The number of fused-ring (bicyclic) bond motifs is 4. The molecule has 1 aliphatic rings. The lowest BCUT2D eigenvalue weighted by molar-refractivity contribution is 0.959. The molecule has 1 heterocycles. The summed E-state index contributed by atoms with van der Waals surface area (Å²) < 4.78 is 0. The molecule has 0 fully saturated rings. The maximum absolute atomic E-state index is 4.13. The Kier molecular flexibility index (Phi) is 1.36. The lowest BCUT2D eigenvalue weighted by atomic mass is 10.1. The van der Waals surface area contributed by atoms with Gasteiger partial charge in [0.25, 0.3) is 0 Å². The van der Waals surface area contributed by atoms with Crippen molar-refractivity contribution >= 4 is 11.0 Å². The molecule has 76 valence electrons. The summed E-state index contributed by atoms with van der Waals surface area (Å²) in [5.41, 5.74) is 7.28. The zero-order valence-electron chi connectivity index (χ0n) is 8.57. The Labute approximate surface area is 92.1 Å². The van der Waals surface area contributed by atoms with Gasteiger partial charge in [0.2, 0.25) is 0 Å². The smallest absolute Gasteiger partial charge is 0.113 e. The second kappa shape index (κ2) is 2.70. The van der Waals surface area contributed by atoms with Crippen LogP contribution in [0.4, 0.5) is 0 Å². The van der Waals surface area contributed by atoms with Gasteiger partial charge in [0, 0.05) is 0 Å². The summed E-state index contributed by atoms with van der Waals surface area (Å²) >= 11 is 0. The van der Waals surface area contributed by atoms with E-state index in [2.05, 4.69) is 51.8 Å². The van der Waals surface area contributed by atoms with Crippen LogP contribution < -0.4 is 0 Å². The van der Waals surface area contributed by atoms with Crippen molar-refractivity contribution in [1.29, 1.82) is 0 Å². The van der Waals surface area contributed by atoms with E-state index >= 15 is 0 Å². The summed E-state index contributed by atoms with van der Waals surface area (Å²) in [5.74, 6) is 0. The minimum absolute atomic E-state index is 0.940. The van der Waals surface area contributed by atoms with Gasteiger partial charge in [0.1, 0.15) is 11.0 Å². The SMILES string of the molecule is c1ccc2c(c1)Cc1cc3n[nH]nc3cc1-2. The van der Waals surface area contributed by atoms with E-state index in [1.165, 1.54) is 22.3 Å². The van der Waals surface area contributed by atoms with E-state index in [0.29, 0.717) is 0 Å². The molecule has 4 rings (SSSR count). The summed E-state index contributed by atoms with van der Waals surface area (Å²) in [4.78, 5) is 0. The van der Waals surface area contributed by atoms with Gasteiger partial charge in [-0.1, -0.05) is 24.3 Å². The summed E-state index contributed by atoms with van der Waals surface area (Å²) in [6.07, 6.45) is 1.01. The van der Waals surface area contributed by atoms with Gasteiger partial charge >= 0.3 is 0 Å². The van der Waals surface area contributed by atoms with E-state index in [-0.39, 0.29) is 0 Å². The van der Waals surface area contributed by atoms with Gasteiger partial charge in [-0.2, -0.15) is 15.4 Å². The van der Waals surface area contributed by atoms with Crippen LogP contribution in [0.5, 0.6) is 0 Å². The predicted octanol–water partition coefficient (Wildman–Crippen LogP) is 2.53. The van der Waals surface area contributed by atoms with Gasteiger partial charge in [-0.25, -0.2) is 0 Å². The first kappa shape index (κ1) is 8.05. The molecule has 3 heteroatoms. The first-order chi connectivity index (χ1) is 7.92. The standard InChI is InChI=1S/C13H9N3/c1-2-4-10-8(3-1)5-9-6-12-13(7-11(9)10)15-16-14-12/h1-4,6-7H,5H2,(H,14,15,16). The van der Waals surface area contributed by atoms with Crippen molar-refractivity contribution in [3.05, 3.63) is 47.5 Å². The highest BCUT2D eigenvalue weighted by molar-refractivity contribution is 5.87. The number of aromatic nitrogens is 3. The summed E-state index contributed by atoms with van der Waals surface area (Å²) in [6, 6.07) is 12.8. The molecule has 1 aliphatic carbocycles. The van der Waals surface area contributed by atoms with Crippen LogP contribution >= 0.6 is 0 Å². The Balaban J connectivity index is 2.09. The average Bonchev–Trinajstić information content (AvgIpc) is 2.88. The highest BCUT2D eigenvalue weighted by Gasteiger charge is 2.19. The van der Waals surface area contributed by atoms with Crippen molar-refractivity contribution in [1.82, 2.24) is 15.4 Å². The zero-order valence-corrected chi connectivity index (χ0v) is 8.57. The molecule has 0 saturated carbocycles. The van der Waals surface area contributed by atoms with Gasteiger partial charge in [0.15, 0.2) is 0 Å². The normalized spacial score (nSPS) is 12.8. The van der Waals surface area contributed by atoms with E-state index in [1.807, 2.05) is 0 Å². The summed E-state index contributed by atoms with van der Waals surface area (Å²) in [7, 11) is 0. The van der Waals surface area contributed by atoms with Crippen LogP contribution in [0.2, 0.25) is 0 Å². The number of hydrogen-bond donors (Lipinski definition) is 1. The molecular weight excluding hydrogens is 198 g/mol. The Morgan fingerprint density at radius 3 is 2.62 bits per heavy atom. The number of hydrogen-bond acceptors (Lipinski definition) is 2. The maximum atomic E-state index is 4.13. The molecule has 0 amide bonds. The van der Waals surface area contributed by atoms with Crippen LogP contribution in [0.15, 0.2) is 36.4 Å². The molecule has 0 aliphatic heterocycles. The highest BCUT2D eigenvalue weighted by atomic mass is 15.3. The number of nitrogens with one attached hydrogen (secondary N) is 1. The number of rotatable bonds is 0. The molecule has 2 aromatic carbocycles. The van der Waals surface area contributed by atoms with Crippen molar-refractivity contribution in [2.24, 2.45) is 0 Å². The minimum Gasteiger partial charge on any atom is -0.197 e. The highest BCUT2D eigenvalue weighted by Crippen LogP contribution is 2.37. The van der Waals surface area contributed by atoms with Crippen LogP contribution in [-0.2, 0) is 6.42 Å². The second-order valence-corrected chi connectivity index (χ2v) is 4.16. The Bertz CT molecular complexity index is 697. The number of H-pyrrole nitrogens is 1. The molecule has 16 heavy (non-hydrogen) atoms. The van der Waals surface area contributed by atoms with Crippen LogP contribution in [0.3, 0.4) is 0 Å². The molecule has 0 spiro atoms. The fourth-order valence-electron chi connectivity index (χ4n) is 2.47. The minimum atomic E-state index is 0.940. The maximum Gasteiger partial charge on any atom is 0.113 e. The average molecular weight is 207 g/mol. The van der Waals surface area contributed by atoms with E-state index < -0.39 is 0 Å². The summed E-state index contributed by atoms with van der Waals surface area (Å²) in [5, 5.41) is 10.9. The third kappa shape index (κ3) is 0.922. The molecule has 0 radical (unpaired) electrons. The lowest BCUT2D eigenvalue weighted by Gasteiger charge is -1.99. The fourth-order valence-corrected chi connectivity index (χ4v) is 2.47. The quantitative estimate of drug-likeness (QED) is 0.481. The molecule has 0 saturated heterocycles. The lowest BCUT2D eigenvalue weighted by Crippen LogP contribution is -1.80. The molecule has 0 bridgehead atoms. The van der Waals surface area contributed by atoms with E-state index in [9.17, 15) is 0 Å². The van der Waals surface area contributed by atoms with E-state index in [4.69, 9.17) is 0 Å². The van der Waals surface area contributed by atoms with Gasteiger partial charge in [-0.05, 0) is 40.8 Å². The number of nitrogens with zero attached hydrogens (tertiary/aromatic N) is 2. The van der Waals surface area contributed by atoms with E-state index in [0.717, 1.165) is 17.5 Å². The van der Waals surface area contributed by atoms with Crippen molar-refractivity contribution in [2.45, 2.75) is 6.42 Å². The van der Waals surface area contributed by atoms with Crippen LogP contribution in [0.25, 0.3) is 22.2 Å². The van der Waals surface area contributed by atoms with Gasteiger partial charge in [-0.3, -0.25) is 0 Å². The summed E-state index contributed by atoms with van der Waals surface area (Å²) in [6.45, 7) is 0. The molecule has 0 unspecified atom stereocenters. The number of benzene rings is 2. The third-order valence-corrected chi connectivity index (χ3v) is 3.23. The van der Waals surface area contributed by atoms with Gasteiger partial charge in [-0.15, -0.1) is 0 Å². The van der Waals surface area contributed by atoms with Crippen molar-refractivity contribution < 1.29 is 0 Å². The molecule has 1 N–H and O–H groups in total. The Morgan fingerprint density at radius 1 is 0.875 bits per heavy atom. The topological polar surface area (TPSA) is 41.6 Å². The fraction of sp³-hybridized carbons (Fsp3) is 0.0769. The van der Waals surface area contributed by atoms with Crippen LogP contribution in [-0.4, -0.2) is 15.4 Å². The number of aromatic amines is 1. The molecule has 3 nitrogen and oxygen atoms in total. The van der Waals surface area contributed by atoms with Crippen molar-refractivity contribution in [3.63, 3.8) is 0 Å². The van der Waals surface area contributed by atoms with Crippen molar-refractivity contribution in [3.8, 4) is 11.1 Å². The molecule has 0 atom stereocenters. The third-order valence-electron chi connectivity index (χ3n) is 3.23. The molecule has 3 aromatic rings. The second-order valence-electron chi connectivity index (χ2n) is 4.16. The van der Waals surface area contributed by atoms with Gasteiger partial charge in [0.05, 0.1) is 0 Å². The van der Waals surface area contributed by atoms with Gasteiger partial charge < -0.3 is 0 Å². The van der Waals surface area contributed by atoms with E-state index in [1.54, 1.807) is 0 Å². The predicted molar refractivity (Wildman–Crippen MR) is 62.1 cm³/mol. The molecule has 1 aromatic heterocycles. The first-order valence-corrected chi connectivity index (χ1v) is 5.33. The first-order valence-electron chi connectivity index (χ1n) is 5.33. The Hall–Kier alpha value is -2.16. The van der Waals surface area contributed by atoms with Crippen LogP contribution in [0, 0.1) is 0 Å². The zero-order chi connectivity index (χ0) is 10.5.